The molecule has 1 amide bonds. The molecule has 0 fully saturated rings. The van der Waals surface area contributed by atoms with E-state index in [0.29, 0.717) is 6.42 Å². The Morgan fingerprint density at radius 1 is 0.571 bits per heavy atom. The van der Waals surface area contributed by atoms with Gasteiger partial charge in [0.15, 0.2) is 0 Å². The third kappa shape index (κ3) is 29.3. The van der Waals surface area contributed by atoms with Gasteiger partial charge in [0.25, 0.3) is 0 Å². The summed E-state index contributed by atoms with van der Waals surface area (Å²) >= 11 is 0. The Balaban J connectivity index is 3.75. The van der Waals surface area contributed by atoms with Gasteiger partial charge in [0.2, 0.25) is 5.91 Å². The highest BCUT2D eigenvalue weighted by molar-refractivity contribution is 5.76. The van der Waals surface area contributed by atoms with Gasteiger partial charge < -0.3 is 15.5 Å². The van der Waals surface area contributed by atoms with Gasteiger partial charge in [-0.1, -0.05) is 132 Å². The fourth-order valence-electron chi connectivity index (χ4n) is 4.46. The molecule has 0 aliphatic carbocycles. The molecule has 0 bridgehead atoms. The molecule has 2 atom stereocenters. The van der Waals surface area contributed by atoms with Crippen LogP contribution < -0.4 is 5.32 Å². The monoisotopic (exact) mass is 583 g/mol. The number of carbonyl (C=O) groups excluding carboxylic acids is 1. The van der Waals surface area contributed by atoms with E-state index in [1.54, 1.807) is 6.08 Å². The number of hydrogen-bond donors (Lipinski definition) is 3. The van der Waals surface area contributed by atoms with E-state index >= 15 is 0 Å². The number of aliphatic hydroxyl groups is 2. The Bertz CT molecular complexity index is 762. The Kier molecular flexibility index (Phi) is 31.6. The minimum absolute atomic E-state index is 0.0976. The number of hydrogen-bond acceptors (Lipinski definition) is 3. The highest BCUT2D eigenvalue weighted by Crippen LogP contribution is 2.10. The zero-order valence-electron chi connectivity index (χ0n) is 27.2. The molecule has 0 aromatic heterocycles. The first-order valence-electron chi connectivity index (χ1n) is 17.2. The molecule has 42 heavy (non-hydrogen) atoms. The number of carbonyl (C=O) groups is 1. The van der Waals surface area contributed by atoms with E-state index in [1.807, 2.05) is 6.08 Å². The van der Waals surface area contributed by atoms with Crippen molar-refractivity contribution in [1.29, 1.82) is 0 Å². The predicted octanol–water partition coefficient (Wildman–Crippen LogP) is 10.0. The van der Waals surface area contributed by atoms with E-state index in [9.17, 15) is 15.0 Å². The first-order chi connectivity index (χ1) is 20.7. The highest BCUT2D eigenvalue weighted by atomic mass is 16.3. The maximum absolute atomic E-state index is 12.3. The number of aliphatic hydroxyl groups excluding tert-OH is 2. The SMILES string of the molecule is CCC/C=C/CC/C=C/CC/C=C/C(O)C(CO)NC(=O)CCCCCCCC/C=C\C/C=C\C/C=C\CCCCC. The molecule has 0 saturated heterocycles. The van der Waals surface area contributed by atoms with Crippen molar-refractivity contribution < 1.29 is 15.0 Å². The predicted molar refractivity (Wildman–Crippen MR) is 184 cm³/mol. The molecule has 0 radical (unpaired) electrons. The topological polar surface area (TPSA) is 69.6 Å². The number of amides is 1. The van der Waals surface area contributed by atoms with Gasteiger partial charge in [-0.15, -0.1) is 0 Å². The second kappa shape index (κ2) is 33.3. The Hall–Kier alpha value is -2.17. The second-order valence-electron chi connectivity index (χ2n) is 11.2. The van der Waals surface area contributed by atoms with Gasteiger partial charge in [-0.25, -0.2) is 0 Å². The largest absolute Gasteiger partial charge is 0.394 e. The molecule has 4 heteroatoms. The summed E-state index contributed by atoms with van der Waals surface area (Å²) in [6.45, 7) is 4.15. The normalized spacial score (nSPS) is 14.1. The summed E-state index contributed by atoms with van der Waals surface area (Å²) in [5.41, 5.74) is 0. The fraction of sp³-hybridized carbons (Fsp3) is 0.658. The molecular weight excluding hydrogens is 518 g/mol. The van der Waals surface area contributed by atoms with Crippen molar-refractivity contribution in [3.8, 4) is 0 Å². The molecule has 0 saturated carbocycles. The van der Waals surface area contributed by atoms with Gasteiger partial charge in [-0.3, -0.25) is 4.79 Å². The van der Waals surface area contributed by atoms with Crippen molar-refractivity contribution in [2.24, 2.45) is 0 Å². The number of rotatable bonds is 29. The van der Waals surface area contributed by atoms with E-state index in [1.165, 1.54) is 51.4 Å². The van der Waals surface area contributed by atoms with Crippen LogP contribution in [0.4, 0.5) is 0 Å². The average Bonchev–Trinajstić information content (AvgIpc) is 2.99. The van der Waals surface area contributed by atoms with Crippen LogP contribution in [-0.2, 0) is 4.79 Å². The van der Waals surface area contributed by atoms with Gasteiger partial charge in [0.1, 0.15) is 0 Å². The van der Waals surface area contributed by atoms with Gasteiger partial charge in [0.05, 0.1) is 18.8 Å². The fourth-order valence-corrected chi connectivity index (χ4v) is 4.46. The minimum atomic E-state index is -0.876. The number of allylic oxidation sites excluding steroid dienone is 11. The maximum Gasteiger partial charge on any atom is 0.220 e. The quantitative estimate of drug-likeness (QED) is 0.0606. The standard InChI is InChI=1S/C38H65NO3/c1-3-5-7-9-11-13-15-16-17-18-19-20-21-22-24-26-28-30-32-34-38(42)39-36(35-40)37(41)33-31-29-27-25-23-14-12-10-8-6-4-2/h8,10-11,13,16-17,19-20,23,25,31,33,36-37,40-41H,3-7,9,12,14-15,18,21-22,24,26-30,32,34-35H2,1-2H3,(H,39,42)/b10-8+,13-11-,17-16-,20-19-,25-23+,33-31+. The van der Waals surface area contributed by atoms with Crippen LogP contribution in [0.5, 0.6) is 0 Å². The molecule has 0 spiro atoms. The molecule has 2 unspecified atom stereocenters. The molecular formula is C38H65NO3. The van der Waals surface area contributed by atoms with E-state index in [4.69, 9.17) is 0 Å². The Morgan fingerprint density at radius 2 is 1.05 bits per heavy atom. The van der Waals surface area contributed by atoms with Crippen LogP contribution >= 0.6 is 0 Å². The summed E-state index contributed by atoms with van der Waals surface area (Å²) in [6, 6.07) is -0.653. The Morgan fingerprint density at radius 3 is 1.62 bits per heavy atom. The number of nitrogens with one attached hydrogen (secondary N) is 1. The van der Waals surface area contributed by atoms with Crippen LogP contribution in [0.3, 0.4) is 0 Å². The van der Waals surface area contributed by atoms with Crippen molar-refractivity contribution >= 4 is 5.91 Å². The first-order valence-corrected chi connectivity index (χ1v) is 17.2. The lowest BCUT2D eigenvalue weighted by Gasteiger charge is -2.19. The van der Waals surface area contributed by atoms with Crippen LogP contribution in [0.2, 0.25) is 0 Å². The first kappa shape index (κ1) is 39.8. The van der Waals surface area contributed by atoms with Crippen molar-refractivity contribution in [3.63, 3.8) is 0 Å². The van der Waals surface area contributed by atoms with Gasteiger partial charge in [0, 0.05) is 6.42 Å². The van der Waals surface area contributed by atoms with Crippen molar-refractivity contribution in [2.75, 3.05) is 6.61 Å². The van der Waals surface area contributed by atoms with E-state index in [0.717, 1.165) is 70.6 Å². The second-order valence-corrected chi connectivity index (χ2v) is 11.2. The third-order valence-electron chi connectivity index (χ3n) is 7.12. The molecule has 4 nitrogen and oxygen atoms in total. The van der Waals surface area contributed by atoms with Crippen LogP contribution in [0.15, 0.2) is 72.9 Å². The molecule has 3 N–H and O–H groups in total. The van der Waals surface area contributed by atoms with Crippen LogP contribution in [0.1, 0.15) is 142 Å². The van der Waals surface area contributed by atoms with Crippen molar-refractivity contribution in [1.82, 2.24) is 5.32 Å². The van der Waals surface area contributed by atoms with Crippen LogP contribution in [-0.4, -0.2) is 34.9 Å². The van der Waals surface area contributed by atoms with Crippen LogP contribution in [0, 0.1) is 0 Å². The summed E-state index contributed by atoms with van der Waals surface area (Å²) in [6.07, 6.45) is 46.9. The smallest absolute Gasteiger partial charge is 0.220 e. The highest BCUT2D eigenvalue weighted by Gasteiger charge is 2.17. The molecule has 0 aliphatic rings. The maximum atomic E-state index is 12.3. The summed E-state index contributed by atoms with van der Waals surface area (Å²) in [5, 5.41) is 22.7. The summed E-state index contributed by atoms with van der Waals surface area (Å²) < 4.78 is 0. The van der Waals surface area contributed by atoms with E-state index < -0.39 is 12.1 Å². The number of unbranched alkanes of at least 4 members (excludes halogenated alkanes) is 12. The van der Waals surface area contributed by atoms with E-state index in [2.05, 4.69) is 79.9 Å². The molecule has 0 rings (SSSR count). The molecule has 0 heterocycles. The van der Waals surface area contributed by atoms with Crippen molar-refractivity contribution in [2.45, 2.75) is 154 Å². The molecule has 0 aromatic carbocycles. The molecule has 0 aliphatic heterocycles. The Labute approximate surface area is 259 Å². The lowest BCUT2D eigenvalue weighted by Crippen LogP contribution is -2.45. The third-order valence-corrected chi connectivity index (χ3v) is 7.12. The molecule has 240 valence electrons. The van der Waals surface area contributed by atoms with Crippen molar-refractivity contribution in [3.05, 3.63) is 72.9 Å². The minimum Gasteiger partial charge on any atom is -0.394 e. The van der Waals surface area contributed by atoms with Gasteiger partial charge in [-0.2, -0.15) is 0 Å². The van der Waals surface area contributed by atoms with Gasteiger partial charge >= 0.3 is 0 Å². The lowest BCUT2D eigenvalue weighted by molar-refractivity contribution is -0.123. The summed E-state index contributed by atoms with van der Waals surface area (Å²) in [4.78, 5) is 12.3. The van der Waals surface area contributed by atoms with Crippen LogP contribution in [0.25, 0.3) is 0 Å². The van der Waals surface area contributed by atoms with E-state index in [-0.39, 0.29) is 12.5 Å². The summed E-state index contributed by atoms with van der Waals surface area (Å²) in [7, 11) is 0. The van der Waals surface area contributed by atoms with Gasteiger partial charge in [-0.05, 0) is 77.0 Å². The summed E-state index contributed by atoms with van der Waals surface area (Å²) in [5.74, 6) is -0.0976. The lowest BCUT2D eigenvalue weighted by atomic mass is 10.1. The average molecular weight is 584 g/mol. The zero-order valence-corrected chi connectivity index (χ0v) is 27.2. The molecule has 0 aromatic rings. The zero-order chi connectivity index (χ0) is 30.8.